The maximum Gasteiger partial charge on any atom is 0.406 e. The van der Waals surface area contributed by atoms with Gasteiger partial charge in [-0.25, -0.2) is 0 Å². The van der Waals surface area contributed by atoms with E-state index in [9.17, 15) is 18.0 Å². The molecular weight excluding hydrogens is 207 g/mol. The Labute approximate surface area is 85.7 Å². The number of nitrogens with zero attached hydrogens (tertiary/aromatic N) is 1. The van der Waals surface area contributed by atoms with Gasteiger partial charge in [0.15, 0.2) is 5.78 Å². The molecule has 0 saturated heterocycles. The van der Waals surface area contributed by atoms with E-state index < -0.39 is 12.7 Å². The Balaban J connectivity index is 2.77. The highest BCUT2D eigenvalue weighted by molar-refractivity contribution is 5.97. The summed E-state index contributed by atoms with van der Waals surface area (Å²) in [5.41, 5.74) is 0.328. The van der Waals surface area contributed by atoms with E-state index >= 15 is 0 Å². The molecule has 0 saturated carbocycles. The zero-order chi connectivity index (χ0) is 11.6. The smallest absolute Gasteiger partial charge is 0.344 e. The molecule has 84 valence electrons. The number of carbonyl (C=O) groups excluding carboxylic acids is 1. The first-order valence-corrected chi connectivity index (χ1v) is 4.56. The molecule has 0 bridgehead atoms. The van der Waals surface area contributed by atoms with Crippen LogP contribution in [-0.2, 0) is 6.54 Å². The summed E-state index contributed by atoms with van der Waals surface area (Å²) >= 11 is 0. The lowest BCUT2D eigenvalue weighted by Crippen LogP contribution is -2.16. The zero-order valence-corrected chi connectivity index (χ0v) is 8.51. The lowest BCUT2D eigenvalue weighted by Gasteiger charge is -2.06. The third-order valence-corrected chi connectivity index (χ3v) is 1.92. The SMILES string of the molecule is CC(C)C(=O)c1ccn(CC(F)(F)F)c1. The van der Waals surface area contributed by atoms with Crippen LogP contribution in [0.4, 0.5) is 13.2 Å². The van der Waals surface area contributed by atoms with Crippen molar-refractivity contribution in [3.8, 4) is 0 Å². The molecule has 0 atom stereocenters. The zero-order valence-electron chi connectivity index (χ0n) is 8.51. The molecule has 0 spiro atoms. The van der Waals surface area contributed by atoms with Crippen LogP contribution < -0.4 is 0 Å². The lowest BCUT2D eigenvalue weighted by atomic mass is 10.0. The third-order valence-electron chi connectivity index (χ3n) is 1.92. The van der Waals surface area contributed by atoms with Crippen molar-refractivity contribution in [3.05, 3.63) is 24.0 Å². The van der Waals surface area contributed by atoms with Crippen molar-refractivity contribution in [3.63, 3.8) is 0 Å². The van der Waals surface area contributed by atoms with Gasteiger partial charge in [-0.05, 0) is 6.07 Å². The fraction of sp³-hybridized carbons (Fsp3) is 0.500. The number of alkyl halides is 3. The van der Waals surface area contributed by atoms with Gasteiger partial charge >= 0.3 is 6.18 Å². The highest BCUT2D eigenvalue weighted by Gasteiger charge is 2.27. The van der Waals surface area contributed by atoms with Gasteiger partial charge in [0.1, 0.15) is 6.54 Å². The molecule has 0 aliphatic heterocycles. The van der Waals surface area contributed by atoms with E-state index in [1.807, 2.05) is 0 Å². The molecule has 0 aliphatic rings. The van der Waals surface area contributed by atoms with Crippen LogP contribution in [0, 0.1) is 5.92 Å². The molecule has 2 nitrogen and oxygen atoms in total. The second-order valence-corrected chi connectivity index (χ2v) is 3.71. The first-order valence-electron chi connectivity index (χ1n) is 4.56. The second-order valence-electron chi connectivity index (χ2n) is 3.71. The molecule has 0 aliphatic carbocycles. The van der Waals surface area contributed by atoms with E-state index in [2.05, 4.69) is 0 Å². The van der Waals surface area contributed by atoms with Crippen LogP contribution in [0.15, 0.2) is 18.5 Å². The Hall–Kier alpha value is -1.26. The van der Waals surface area contributed by atoms with Crippen molar-refractivity contribution in [2.24, 2.45) is 5.92 Å². The van der Waals surface area contributed by atoms with Crippen LogP contribution >= 0.6 is 0 Å². The van der Waals surface area contributed by atoms with Gasteiger partial charge in [-0.1, -0.05) is 13.8 Å². The molecule has 15 heavy (non-hydrogen) atoms. The first kappa shape index (κ1) is 11.8. The number of aromatic nitrogens is 1. The van der Waals surface area contributed by atoms with Crippen molar-refractivity contribution in [2.75, 3.05) is 0 Å². The number of hydrogen-bond acceptors (Lipinski definition) is 1. The van der Waals surface area contributed by atoms with Gasteiger partial charge in [0, 0.05) is 23.9 Å². The summed E-state index contributed by atoms with van der Waals surface area (Å²) in [5.74, 6) is -0.345. The van der Waals surface area contributed by atoms with Gasteiger partial charge in [0.2, 0.25) is 0 Å². The Morgan fingerprint density at radius 3 is 2.53 bits per heavy atom. The van der Waals surface area contributed by atoms with E-state index in [0.29, 0.717) is 5.56 Å². The summed E-state index contributed by atoms with van der Waals surface area (Å²) in [6, 6.07) is 1.41. The summed E-state index contributed by atoms with van der Waals surface area (Å²) in [4.78, 5) is 11.4. The summed E-state index contributed by atoms with van der Waals surface area (Å²) in [6.07, 6.45) is -1.75. The maximum atomic E-state index is 12.0. The van der Waals surface area contributed by atoms with Crippen molar-refractivity contribution >= 4 is 5.78 Å². The molecule has 0 unspecified atom stereocenters. The standard InChI is InChI=1S/C10H12F3NO/c1-7(2)9(15)8-3-4-14(5-8)6-10(11,12)13/h3-5,7H,6H2,1-2H3. The Bertz CT molecular complexity index is 352. The van der Waals surface area contributed by atoms with Crippen LogP contribution in [0.1, 0.15) is 24.2 Å². The van der Waals surface area contributed by atoms with Gasteiger partial charge in [0.25, 0.3) is 0 Å². The summed E-state index contributed by atoms with van der Waals surface area (Å²) < 4.78 is 37.0. The van der Waals surface area contributed by atoms with Crippen LogP contribution in [0.25, 0.3) is 0 Å². The van der Waals surface area contributed by atoms with E-state index in [4.69, 9.17) is 0 Å². The van der Waals surface area contributed by atoms with Crippen LogP contribution in [0.2, 0.25) is 0 Å². The van der Waals surface area contributed by atoms with Crippen LogP contribution in [0.5, 0.6) is 0 Å². The number of ketones is 1. The fourth-order valence-corrected chi connectivity index (χ4v) is 1.23. The van der Waals surface area contributed by atoms with Crippen molar-refractivity contribution in [1.29, 1.82) is 0 Å². The third kappa shape index (κ3) is 3.42. The first-order chi connectivity index (χ1) is 6.79. The maximum absolute atomic E-state index is 12.0. The summed E-state index contributed by atoms with van der Waals surface area (Å²) in [5, 5.41) is 0. The van der Waals surface area contributed by atoms with E-state index in [1.54, 1.807) is 13.8 Å². The number of halogens is 3. The molecule has 0 fully saturated rings. The predicted molar refractivity (Wildman–Crippen MR) is 49.7 cm³/mol. The van der Waals surface area contributed by atoms with E-state index in [0.717, 1.165) is 4.57 Å². The lowest BCUT2D eigenvalue weighted by molar-refractivity contribution is -0.140. The average molecular weight is 219 g/mol. The number of hydrogen-bond donors (Lipinski definition) is 0. The molecule has 0 radical (unpaired) electrons. The van der Waals surface area contributed by atoms with Crippen molar-refractivity contribution in [1.82, 2.24) is 4.57 Å². The minimum Gasteiger partial charge on any atom is -0.344 e. The minimum absolute atomic E-state index is 0.143. The molecule has 1 aromatic heterocycles. The Morgan fingerprint density at radius 1 is 1.47 bits per heavy atom. The molecule has 0 amide bonds. The Kier molecular flexibility index (Phi) is 3.21. The largest absolute Gasteiger partial charge is 0.406 e. The minimum atomic E-state index is -4.25. The quantitative estimate of drug-likeness (QED) is 0.716. The molecule has 5 heteroatoms. The van der Waals surface area contributed by atoms with E-state index in [-0.39, 0.29) is 11.7 Å². The summed E-state index contributed by atoms with van der Waals surface area (Å²) in [7, 11) is 0. The topological polar surface area (TPSA) is 22.0 Å². The fourth-order valence-electron chi connectivity index (χ4n) is 1.23. The van der Waals surface area contributed by atoms with Gasteiger partial charge in [-0.15, -0.1) is 0 Å². The number of rotatable bonds is 3. The molecule has 0 aromatic carbocycles. The van der Waals surface area contributed by atoms with Crippen molar-refractivity contribution in [2.45, 2.75) is 26.6 Å². The normalized spacial score (nSPS) is 12.1. The highest BCUT2D eigenvalue weighted by atomic mass is 19.4. The predicted octanol–water partition coefficient (Wildman–Crippen LogP) is 2.89. The van der Waals surface area contributed by atoms with Crippen LogP contribution in [-0.4, -0.2) is 16.5 Å². The molecule has 1 rings (SSSR count). The van der Waals surface area contributed by atoms with Gasteiger partial charge in [-0.2, -0.15) is 13.2 Å². The monoisotopic (exact) mass is 219 g/mol. The molecule has 1 aromatic rings. The van der Waals surface area contributed by atoms with Gasteiger partial charge in [0.05, 0.1) is 0 Å². The highest BCUT2D eigenvalue weighted by Crippen LogP contribution is 2.18. The molecular formula is C10H12F3NO. The van der Waals surface area contributed by atoms with Gasteiger partial charge in [-0.3, -0.25) is 4.79 Å². The molecule has 0 N–H and O–H groups in total. The van der Waals surface area contributed by atoms with Crippen molar-refractivity contribution < 1.29 is 18.0 Å². The summed E-state index contributed by atoms with van der Waals surface area (Å²) in [6.45, 7) is 2.37. The molecule has 1 heterocycles. The Morgan fingerprint density at radius 2 is 2.07 bits per heavy atom. The van der Waals surface area contributed by atoms with E-state index in [1.165, 1.54) is 18.5 Å². The average Bonchev–Trinajstić information content (AvgIpc) is 2.48. The van der Waals surface area contributed by atoms with Gasteiger partial charge < -0.3 is 4.57 Å². The second kappa shape index (κ2) is 4.08. The number of carbonyl (C=O) groups is 1. The number of Topliss-reactive ketones (excluding diaryl/α,β-unsaturated/α-hetero) is 1. The van der Waals surface area contributed by atoms with Crippen LogP contribution in [0.3, 0.4) is 0 Å².